The average molecular weight is 372 g/mol. The summed E-state index contributed by atoms with van der Waals surface area (Å²) >= 11 is 0. The Labute approximate surface area is 152 Å². The molecule has 4 atom stereocenters. The molecule has 1 heterocycles. The van der Waals surface area contributed by atoms with Crippen LogP contribution in [0.2, 0.25) is 0 Å². The van der Waals surface area contributed by atoms with Gasteiger partial charge in [0.25, 0.3) is 0 Å². The van der Waals surface area contributed by atoms with Gasteiger partial charge in [0.05, 0.1) is 5.60 Å². The third-order valence-corrected chi connectivity index (χ3v) is 5.92. The van der Waals surface area contributed by atoms with Crippen molar-refractivity contribution in [2.45, 2.75) is 69.0 Å². The number of nitrogens with zero attached hydrogens (tertiary/aromatic N) is 1. The highest BCUT2D eigenvalue weighted by atomic mass is 19.4. The molecular formula is C19H27F3N2O2. The molecule has 0 spiro atoms. The number of hydrogen-bond acceptors (Lipinski definition) is 4. The molecule has 1 saturated carbocycles. The molecule has 2 aliphatic rings. The topological polar surface area (TPSA) is 58.7 Å². The minimum absolute atomic E-state index is 0.0213. The van der Waals surface area contributed by atoms with Crippen molar-refractivity contribution in [1.29, 1.82) is 0 Å². The van der Waals surface area contributed by atoms with E-state index in [-0.39, 0.29) is 23.8 Å². The van der Waals surface area contributed by atoms with Gasteiger partial charge in [-0.1, -0.05) is 31.9 Å². The van der Waals surface area contributed by atoms with Crippen LogP contribution in [0, 0.1) is 0 Å². The molecule has 1 aromatic carbocycles. The normalized spacial score (nSPS) is 31.8. The maximum Gasteiger partial charge on any atom is 0.573 e. The van der Waals surface area contributed by atoms with E-state index < -0.39 is 12.0 Å². The number of halogens is 3. The highest BCUT2D eigenvalue weighted by molar-refractivity contribution is 5.33. The lowest BCUT2D eigenvalue weighted by molar-refractivity contribution is -0.274. The van der Waals surface area contributed by atoms with Crippen molar-refractivity contribution in [1.82, 2.24) is 4.90 Å². The summed E-state index contributed by atoms with van der Waals surface area (Å²) < 4.78 is 41.6. The van der Waals surface area contributed by atoms with Crippen LogP contribution in [0.4, 0.5) is 13.2 Å². The molecule has 146 valence electrons. The van der Waals surface area contributed by atoms with E-state index in [2.05, 4.69) is 9.64 Å². The van der Waals surface area contributed by atoms with Crippen LogP contribution in [0.3, 0.4) is 0 Å². The quantitative estimate of drug-likeness (QED) is 0.851. The molecule has 1 aliphatic heterocycles. The number of nitrogens with two attached hydrogens (primary N) is 1. The van der Waals surface area contributed by atoms with E-state index in [1.807, 2.05) is 6.92 Å². The van der Waals surface area contributed by atoms with Crippen LogP contribution in [0.15, 0.2) is 24.3 Å². The van der Waals surface area contributed by atoms with Gasteiger partial charge >= 0.3 is 6.36 Å². The molecule has 1 aromatic rings. The molecule has 3 rings (SSSR count). The molecule has 3 N–H and O–H groups in total. The predicted octanol–water partition coefficient (Wildman–Crippen LogP) is 3.40. The molecule has 0 bridgehead atoms. The van der Waals surface area contributed by atoms with E-state index in [1.165, 1.54) is 12.1 Å². The summed E-state index contributed by atoms with van der Waals surface area (Å²) in [6, 6.07) is 6.07. The van der Waals surface area contributed by atoms with Gasteiger partial charge in [0.2, 0.25) is 0 Å². The predicted molar refractivity (Wildman–Crippen MR) is 92.9 cm³/mol. The van der Waals surface area contributed by atoms with Crippen LogP contribution in [-0.4, -0.2) is 47.1 Å². The SMILES string of the molecule is CC(c1cccc(OC(F)(F)F)c1)C1(O)CCCCC1N1CC[C@@H](N)C1. The van der Waals surface area contributed by atoms with Crippen molar-refractivity contribution in [3.05, 3.63) is 29.8 Å². The minimum atomic E-state index is -4.72. The lowest BCUT2D eigenvalue weighted by Gasteiger charge is -2.48. The monoisotopic (exact) mass is 372 g/mol. The zero-order chi connectivity index (χ0) is 18.9. The number of benzene rings is 1. The Bertz CT molecular complexity index is 625. The highest BCUT2D eigenvalue weighted by Crippen LogP contribution is 2.43. The van der Waals surface area contributed by atoms with Crippen molar-refractivity contribution in [3.63, 3.8) is 0 Å². The zero-order valence-electron chi connectivity index (χ0n) is 15.0. The Balaban J connectivity index is 1.84. The standard InChI is InChI=1S/C19H27F3N2O2/c1-13(14-5-4-6-16(11-14)26-19(20,21)22)18(25)9-3-2-7-17(18)24-10-8-15(23)12-24/h4-6,11,13,15,17,25H,2-3,7-10,12,23H2,1H3/t13?,15-,17?,18?/m1/s1. The van der Waals surface area contributed by atoms with E-state index in [1.54, 1.807) is 12.1 Å². The first-order valence-electron chi connectivity index (χ1n) is 9.27. The van der Waals surface area contributed by atoms with Crippen LogP contribution in [-0.2, 0) is 0 Å². The fourth-order valence-corrected chi connectivity index (χ4v) is 4.53. The van der Waals surface area contributed by atoms with Gasteiger partial charge in [-0.05, 0) is 37.0 Å². The van der Waals surface area contributed by atoms with E-state index in [9.17, 15) is 18.3 Å². The Morgan fingerprint density at radius 3 is 2.73 bits per heavy atom. The first-order valence-corrected chi connectivity index (χ1v) is 9.27. The van der Waals surface area contributed by atoms with E-state index in [0.717, 1.165) is 38.8 Å². The van der Waals surface area contributed by atoms with Gasteiger partial charge in [-0.25, -0.2) is 0 Å². The molecule has 0 amide bonds. The van der Waals surface area contributed by atoms with E-state index >= 15 is 0 Å². The van der Waals surface area contributed by atoms with E-state index in [0.29, 0.717) is 12.0 Å². The number of hydrogen-bond donors (Lipinski definition) is 2. The molecular weight excluding hydrogens is 345 g/mol. The van der Waals surface area contributed by atoms with Gasteiger partial charge in [-0.15, -0.1) is 13.2 Å². The third-order valence-electron chi connectivity index (χ3n) is 5.92. The van der Waals surface area contributed by atoms with Crippen molar-refractivity contribution in [2.24, 2.45) is 5.73 Å². The molecule has 2 fully saturated rings. The fraction of sp³-hybridized carbons (Fsp3) is 0.684. The van der Waals surface area contributed by atoms with Gasteiger partial charge < -0.3 is 15.6 Å². The number of alkyl halides is 3. The lowest BCUT2D eigenvalue weighted by atomic mass is 9.70. The zero-order valence-corrected chi connectivity index (χ0v) is 15.0. The fourth-order valence-electron chi connectivity index (χ4n) is 4.53. The molecule has 4 nitrogen and oxygen atoms in total. The van der Waals surface area contributed by atoms with Crippen LogP contribution in [0.25, 0.3) is 0 Å². The highest BCUT2D eigenvalue weighted by Gasteiger charge is 2.47. The van der Waals surface area contributed by atoms with Gasteiger partial charge in [0.1, 0.15) is 5.75 Å². The number of aliphatic hydroxyl groups is 1. The second kappa shape index (κ2) is 7.37. The summed E-state index contributed by atoms with van der Waals surface area (Å²) in [6.45, 7) is 3.51. The minimum Gasteiger partial charge on any atom is -0.406 e. The number of rotatable bonds is 4. The summed E-state index contributed by atoms with van der Waals surface area (Å²) in [7, 11) is 0. The Morgan fingerprint density at radius 1 is 1.31 bits per heavy atom. The van der Waals surface area contributed by atoms with Crippen molar-refractivity contribution in [2.75, 3.05) is 13.1 Å². The first-order chi connectivity index (χ1) is 12.2. The molecule has 0 aromatic heterocycles. The maximum atomic E-state index is 12.5. The summed E-state index contributed by atoms with van der Waals surface area (Å²) in [6.07, 6.45) is -0.340. The summed E-state index contributed by atoms with van der Waals surface area (Å²) in [5, 5.41) is 11.6. The van der Waals surface area contributed by atoms with Crippen molar-refractivity contribution < 1.29 is 23.0 Å². The summed E-state index contributed by atoms with van der Waals surface area (Å²) in [5.74, 6) is -0.553. The molecule has 1 aliphatic carbocycles. The number of likely N-dealkylation sites (tertiary alicyclic amines) is 1. The van der Waals surface area contributed by atoms with Gasteiger partial charge in [-0.2, -0.15) is 0 Å². The van der Waals surface area contributed by atoms with Gasteiger partial charge in [0.15, 0.2) is 0 Å². The molecule has 26 heavy (non-hydrogen) atoms. The van der Waals surface area contributed by atoms with E-state index in [4.69, 9.17) is 5.73 Å². The Kier molecular flexibility index (Phi) is 5.51. The largest absolute Gasteiger partial charge is 0.573 e. The first kappa shape index (κ1) is 19.5. The number of ether oxygens (including phenoxy) is 1. The maximum absolute atomic E-state index is 12.5. The van der Waals surface area contributed by atoms with Crippen LogP contribution in [0.1, 0.15) is 50.5 Å². The summed E-state index contributed by atoms with van der Waals surface area (Å²) in [4.78, 5) is 2.26. The van der Waals surface area contributed by atoms with Crippen LogP contribution < -0.4 is 10.5 Å². The average Bonchev–Trinajstić information content (AvgIpc) is 2.99. The lowest BCUT2D eigenvalue weighted by Crippen LogP contribution is -2.57. The Morgan fingerprint density at radius 2 is 2.08 bits per heavy atom. The molecule has 3 unspecified atom stereocenters. The molecule has 7 heteroatoms. The van der Waals surface area contributed by atoms with Crippen LogP contribution in [0.5, 0.6) is 5.75 Å². The van der Waals surface area contributed by atoms with Crippen molar-refractivity contribution >= 4 is 0 Å². The third kappa shape index (κ3) is 4.15. The molecule has 1 saturated heterocycles. The second-order valence-corrected chi connectivity index (χ2v) is 7.64. The smallest absolute Gasteiger partial charge is 0.406 e. The van der Waals surface area contributed by atoms with Crippen molar-refractivity contribution in [3.8, 4) is 5.75 Å². The second-order valence-electron chi connectivity index (χ2n) is 7.64. The Hall–Kier alpha value is -1.31. The van der Waals surface area contributed by atoms with Gasteiger partial charge in [-0.3, -0.25) is 4.90 Å². The summed E-state index contributed by atoms with van der Waals surface area (Å²) in [5.41, 5.74) is 5.71. The van der Waals surface area contributed by atoms with Gasteiger partial charge in [0, 0.05) is 31.1 Å². The van der Waals surface area contributed by atoms with Crippen LogP contribution >= 0.6 is 0 Å². The molecule has 0 radical (unpaired) electrons.